The second kappa shape index (κ2) is 7.61. The molecule has 1 amide bonds. The van der Waals surface area contributed by atoms with Crippen molar-refractivity contribution in [1.82, 2.24) is 15.1 Å². The molecule has 0 aliphatic heterocycles. The molecule has 4 aromatic rings. The number of pyridine rings is 1. The summed E-state index contributed by atoms with van der Waals surface area (Å²) in [6.45, 7) is 4.11. The molecule has 140 valence electrons. The molecule has 0 saturated carbocycles. The zero-order valence-electron chi connectivity index (χ0n) is 15.3. The zero-order chi connectivity index (χ0) is 19.5. The number of anilines is 3. The Labute approximate surface area is 165 Å². The number of nitrogens with zero attached hydrogens (tertiary/aromatic N) is 3. The Kier molecular flexibility index (Phi) is 4.86. The van der Waals surface area contributed by atoms with E-state index in [-0.39, 0.29) is 5.69 Å². The second-order valence-electron chi connectivity index (χ2n) is 6.28. The second-order valence-corrected chi connectivity index (χ2v) is 7.14. The first-order chi connectivity index (χ1) is 13.6. The number of aryl methyl sites for hydroxylation is 2. The van der Waals surface area contributed by atoms with Gasteiger partial charge in [-0.05, 0) is 49.2 Å². The van der Waals surface area contributed by atoms with Crippen LogP contribution >= 0.6 is 11.3 Å². The van der Waals surface area contributed by atoms with E-state index >= 15 is 0 Å². The Hall–Kier alpha value is -3.52. The van der Waals surface area contributed by atoms with Crippen LogP contribution in [0.2, 0.25) is 0 Å². The molecule has 4 rings (SSSR count). The van der Waals surface area contributed by atoms with E-state index in [9.17, 15) is 4.79 Å². The Morgan fingerprint density at radius 1 is 1.11 bits per heavy atom. The van der Waals surface area contributed by atoms with Gasteiger partial charge in [-0.1, -0.05) is 17.3 Å². The monoisotopic (exact) mass is 391 g/mol. The fourth-order valence-corrected chi connectivity index (χ4v) is 3.45. The molecule has 0 atom stereocenters. The van der Waals surface area contributed by atoms with Crippen molar-refractivity contribution in [3.8, 4) is 11.5 Å². The Morgan fingerprint density at radius 3 is 2.68 bits per heavy atom. The van der Waals surface area contributed by atoms with Crippen LogP contribution in [-0.4, -0.2) is 21.0 Å². The number of carbonyl (C=O) groups excluding carboxylic acids is 1. The minimum Gasteiger partial charge on any atom is -0.354 e. The first-order valence-corrected chi connectivity index (χ1v) is 9.45. The van der Waals surface area contributed by atoms with Gasteiger partial charge in [-0.25, -0.2) is 9.97 Å². The number of carbonyl (C=O) groups is 1. The molecule has 0 aliphatic carbocycles. The average Bonchev–Trinajstić information content (AvgIpc) is 3.31. The lowest BCUT2D eigenvalue weighted by atomic mass is 10.1. The summed E-state index contributed by atoms with van der Waals surface area (Å²) < 4.78 is 5.30. The van der Waals surface area contributed by atoms with Crippen molar-refractivity contribution in [2.24, 2.45) is 0 Å². The van der Waals surface area contributed by atoms with Crippen molar-refractivity contribution < 1.29 is 9.32 Å². The number of nitrogens with one attached hydrogen (secondary N) is 2. The summed E-state index contributed by atoms with van der Waals surface area (Å²) in [4.78, 5) is 20.8. The molecule has 0 radical (unpaired) electrons. The van der Waals surface area contributed by atoms with Crippen LogP contribution < -0.4 is 10.6 Å². The van der Waals surface area contributed by atoms with Crippen molar-refractivity contribution in [2.45, 2.75) is 13.8 Å². The molecule has 3 aromatic heterocycles. The fraction of sp³-hybridized carbons (Fsp3) is 0.100. The number of hydrogen-bond acceptors (Lipinski definition) is 7. The molecule has 8 heteroatoms. The summed E-state index contributed by atoms with van der Waals surface area (Å²) >= 11 is 1.45. The third kappa shape index (κ3) is 4.07. The maximum atomic E-state index is 12.3. The van der Waals surface area contributed by atoms with Crippen LogP contribution in [0.1, 0.15) is 21.6 Å². The van der Waals surface area contributed by atoms with Crippen LogP contribution in [0.3, 0.4) is 0 Å². The minimum absolute atomic E-state index is 0.164. The number of amides is 1. The van der Waals surface area contributed by atoms with Gasteiger partial charge in [0.05, 0.1) is 0 Å². The van der Waals surface area contributed by atoms with Gasteiger partial charge in [-0.3, -0.25) is 4.79 Å². The van der Waals surface area contributed by atoms with Crippen molar-refractivity contribution in [1.29, 1.82) is 0 Å². The molecule has 0 fully saturated rings. The first-order valence-electron chi connectivity index (χ1n) is 8.57. The molecule has 0 spiro atoms. The fourth-order valence-electron chi connectivity index (χ4n) is 2.73. The summed E-state index contributed by atoms with van der Waals surface area (Å²) in [5, 5.41) is 12.4. The van der Waals surface area contributed by atoms with Gasteiger partial charge in [0.15, 0.2) is 16.6 Å². The smallest absolute Gasteiger partial charge is 0.279 e. The van der Waals surface area contributed by atoms with Crippen molar-refractivity contribution in [3.63, 3.8) is 0 Å². The molecule has 7 nitrogen and oxygen atoms in total. The molecule has 28 heavy (non-hydrogen) atoms. The van der Waals surface area contributed by atoms with Crippen LogP contribution in [0.15, 0.2) is 58.6 Å². The predicted molar refractivity (Wildman–Crippen MR) is 109 cm³/mol. The third-order valence-electron chi connectivity index (χ3n) is 3.88. The molecular formula is C20H17N5O2S. The lowest BCUT2D eigenvalue weighted by molar-refractivity contribution is 0.101. The normalized spacial score (nSPS) is 10.6. The van der Waals surface area contributed by atoms with E-state index in [4.69, 9.17) is 4.52 Å². The molecule has 0 aliphatic rings. The van der Waals surface area contributed by atoms with Crippen LogP contribution in [0.5, 0.6) is 0 Å². The topological polar surface area (TPSA) is 92.9 Å². The van der Waals surface area contributed by atoms with E-state index in [1.54, 1.807) is 30.5 Å². The molecule has 0 unspecified atom stereocenters. The standard InChI is InChI=1S/C20H17N5O2S/c1-12-7-13(2)9-14(8-12)22-20-23-16(11-28-20)17-10-15(25-27-17)19(26)24-18-5-3-4-6-21-18/h3-11H,1-2H3,(H,22,23)(H,21,24,26). The number of thiazole rings is 1. The van der Waals surface area contributed by atoms with Crippen LogP contribution in [0.4, 0.5) is 16.6 Å². The summed E-state index contributed by atoms with van der Waals surface area (Å²) in [5.74, 6) is 0.485. The Bertz CT molecular complexity index is 1100. The van der Waals surface area contributed by atoms with Gasteiger partial charge < -0.3 is 15.2 Å². The van der Waals surface area contributed by atoms with Gasteiger partial charge in [0.1, 0.15) is 11.5 Å². The molecular weight excluding hydrogens is 374 g/mol. The highest BCUT2D eigenvalue weighted by Gasteiger charge is 2.16. The van der Waals surface area contributed by atoms with E-state index in [2.05, 4.69) is 57.8 Å². The molecule has 0 bridgehead atoms. The van der Waals surface area contributed by atoms with E-state index in [0.29, 0.717) is 17.3 Å². The molecule has 1 aromatic carbocycles. The van der Waals surface area contributed by atoms with E-state index in [1.807, 2.05) is 5.38 Å². The maximum Gasteiger partial charge on any atom is 0.279 e. The van der Waals surface area contributed by atoms with Gasteiger partial charge >= 0.3 is 0 Å². The van der Waals surface area contributed by atoms with E-state index < -0.39 is 5.91 Å². The van der Waals surface area contributed by atoms with Crippen LogP contribution in [-0.2, 0) is 0 Å². The third-order valence-corrected chi connectivity index (χ3v) is 4.64. The summed E-state index contributed by atoms with van der Waals surface area (Å²) in [6, 6.07) is 13.1. The van der Waals surface area contributed by atoms with Gasteiger partial charge in [0, 0.05) is 23.3 Å². The molecule has 0 saturated heterocycles. The van der Waals surface area contributed by atoms with Crippen molar-refractivity contribution >= 4 is 33.9 Å². The number of aromatic nitrogens is 3. The lowest BCUT2D eigenvalue weighted by Gasteiger charge is -2.05. The summed E-state index contributed by atoms with van der Waals surface area (Å²) in [5.41, 5.74) is 4.11. The van der Waals surface area contributed by atoms with Crippen molar-refractivity contribution in [3.05, 3.63) is 70.9 Å². The quantitative estimate of drug-likeness (QED) is 0.507. The largest absolute Gasteiger partial charge is 0.354 e. The summed E-state index contributed by atoms with van der Waals surface area (Å²) in [7, 11) is 0. The molecule has 3 heterocycles. The maximum absolute atomic E-state index is 12.3. The first kappa shape index (κ1) is 17.9. The predicted octanol–water partition coefficient (Wildman–Crippen LogP) is 4.81. The highest BCUT2D eigenvalue weighted by molar-refractivity contribution is 7.14. The SMILES string of the molecule is Cc1cc(C)cc(Nc2nc(-c3cc(C(=O)Nc4ccccn4)no3)cs2)c1. The van der Waals surface area contributed by atoms with Crippen LogP contribution in [0, 0.1) is 13.8 Å². The number of benzene rings is 1. The average molecular weight is 391 g/mol. The molecule has 2 N–H and O–H groups in total. The van der Waals surface area contributed by atoms with Gasteiger partial charge in [-0.2, -0.15) is 0 Å². The van der Waals surface area contributed by atoms with Gasteiger partial charge in [-0.15, -0.1) is 11.3 Å². The van der Waals surface area contributed by atoms with E-state index in [1.165, 1.54) is 22.5 Å². The highest BCUT2D eigenvalue weighted by atomic mass is 32.1. The summed E-state index contributed by atoms with van der Waals surface area (Å²) in [6.07, 6.45) is 1.60. The van der Waals surface area contributed by atoms with Gasteiger partial charge in [0.2, 0.25) is 0 Å². The Balaban J connectivity index is 1.48. The number of rotatable bonds is 5. The van der Waals surface area contributed by atoms with E-state index in [0.717, 1.165) is 10.8 Å². The Morgan fingerprint density at radius 2 is 1.93 bits per heavy atom. The lowest BCUT2D eigenvalue weighted by Crippen LogP contribution is -2.12. The highest BCUT2D eigenvalue weighted by Crippen LogP contribution is 2.28. The van der Waals surface area contributed by atoms with Crippen molar-refractivity contribution in [2.75, 3.05) is 10.6 Å². The van der Waals surface area contributed by atoms with Gasteiger partial charge in [0.25, 0.3) is 5.91 Å². The zero-order valence-corrected chi connectivity index (χ0v) is 16.1. The van der Waals surface area contributed by atoms with Crippen LogP contribution in [0.25, 0.3) is 11.5 Å². The number of hydrogen-bond donors (Lipinski definition) is 2. The minimum atomic E-state index is -0.391.